The van der Waals surface area contributed by atoms with Crippen LogP contribution in [0.3, 0.4) is 0 Å². The van der Waals surface area contributed by atoms with Gasteiger partial charge in [0, 0.05) is 15.6 Å². The van der Waals surface area contributed by atoms with E-state index in [4.69, 9.17) is 19.3 Å². The lowest BCUT2D eigenvalue weighted by atomic mass is 10.1. The Morgan fingerprint density at radius 1 is 1.00 bits per heavy atom. The first-order valence-corrected chi connectivity index (χ1v) is 12.5. The minimum absolute atomic E-state index is 0.202. The molecule has 0 aromatic heterocycles. The average molecular weight is 620 g/mol. The first kappa shape index (κ1) is 27.2. The molecule has 36 heavy (non-hydrogen) atoms. The molecule has 3 rings (SSSR count). The molecular weight excluding hydrogens is 596 g/mol. The molecule has 0 aliphatic heterocycles. The van der Waals surface area contributed by atoms with Crippen LogP contribution in [0.1, 0.15) is 45.2 Å². The van der Waals surface area contributed by atoms with Gasteiger partial charge in [-0.1, -0.05) is 35.0 Å². The standard InChI is InChI=1S/C26H24Br2N2O6/c1-3-10-35-22-9-8-18(12-23(22)34-2)25(31)30-29-14-19-11-20(27)13-21(28)24(19)36-15-16-4-6-17(7-5-16)26(32)33/h4-9,11-14H,3,10,15H2,1-2H3,(H,30,31)(H,32,33)/b29-14+. The normalized spacial score (nSPS) is 10.8. The fourth-order valence-electron chi connectivity index (χ4n) is 3.09. The summed E-state index contributed by atoms with van der Waals surface area (Å²) in [5.41, 5.74) is 4.49. The number of hydrazone groups is 1. The molecule has 8 nitrogen and oxygen atoms in total. The molecule has 0 spiro atoms. The number of ether oxygens (including phenoxy) is 3. The number of carbonyl (C=O) groups is 2. The SMILES string of the molecule is CCCOc1ccc(C(=O)N/N=C/c2cc(Br)cc(Br)c2OCc2ccc(C(=O)O)cc2)cc1OC. The number of carboxylic acid groups (broad SMARTS) is 1. The molecular formula is C26H24Br2N2O6. The minimum atomic E-state index is -0.988. The van der Waals surface area contributed by atoms with Gasteiger partial charge in [-0.3, -0.25) is 4.79 Å². The van der Waals surface area contributed by atoms with Crippen LogP contribution >= 0.6 is 31.9 Å². The van der Waals surface area contributed by atoms with Gasteiger partial charge in [0.2, 0.25) is 0 Å². The van der Waals surface area contributed by atoms with E-state index in [0.29, 0.717) is 39.5 Å². The highest BCUT2D eigenvalue weighted by atomic mass is 79.9. The predicted octanol–water partition coefficient (Wildman–Crippen LogP) is 6.05. The Hall–Kier alpha value is -3.37. The van der Waals surface area contributed by atoms with Crippen LogP contribution in [0, 0.1) is 0 Å². The second-order valence-electron chi connectivity index (χ2n) is 7.51. The molecule has 0 aliphatic rings. The van der Waals surface area contributed by atoms with E-state index in [2.05, 4.69) is 42.4 Å². The number of hydrogen-bond acceptors (Lipinski definition) is 6. The molecule has 10 heteroatoms. The summed E-state index contributed by atoms with van der Waals surface area (Å²) in [6, 6.07) is 15.0. The van der Waals surface area contributed by atoms with Gasteiger partial charge >= 0.3 is 5.97 Å². The van der Waals surface area contributed by atoms with Crippen LogP contribution in [-0.4, -0.2) is 36.9 Å². The van der Waals surface area contributed by atoms with E-state index in [0.717, 1.165) is 16.5 Å². The maximum atomic E-state index is 12.6. The quantitative estimate of drug-likeness (QED) is 0.200. The van der Waals surface area contributed by atoms with Crippen molar-refractivity contribution < 1.29 is 28.9 Å². The van der Waals surface area contributed by atoms with Crippen LogP contribution in [-0.2, 0) is 6.61 Å². The zero-order valence-corrected chi connectivity index (χ0v) is 22.8. The highest BCUT2D eigenvalue weighted by molar-refractivity contribution is 9.11. The summed E-state index contributed by atoms with van der Waals surface area (Å²) in [5.74, 6) is 0.137. The molecule has 0 aliphatic carbocycles. The van der Waals surface area contributed by atoms with Crippen molar-refractivity contribution in [2.75, 3.05) is 13.7 Å². The first-order chi connectivity index (χ1) is 17.3. The lowest BCUT2D eigenvalue weighted by Gasteiger charge is -2.12. The van der Waals surface area contributed by atoms with Gasteiger partial charge in [0.15, 0.2) is 11.5 Å². The van der Waals surface area contributed by atoms with E-state index in [1.165, 1.54) is 25.5 Å². The Balaban J connectivity index is 1.72. The lowest BCUT2D eigenvalue weighted by Crippen LogP contribution is -2.17. The Morgan fingerprint density at radius 3 is 2.39 bits per heavy atom. The summed E-state index contributed by atoms with van der Waals surface area (Å²) in [5, 5.41) is 13.1. The number of hydrogen-bond donors (Lipinski definition) is 2. The largest absolute Gasteiger partial charge is 0.493 e. The Morgan fingerprint density at radius 2 is 1.72 bits per heavy atom. The van der Waals surface area contributed by atoms with Crippen LogP contribution in [0.2, 0.25) is 0 Å². The van der Waals surface area contributed by atoms with Crippen molar-refractivity contribution >= 4 is 50.0 Å². The summed E-state index contributed by atoms with van der Waals surface area (Å²) in [4.78, 5) is 23.7. The monoisotopic (exact) mass is 618 g/mol. The fourth-order valence-corrected chi connectivity index (χ4v) is 4.47. The van der Waals surface area contributed by atoms with E-state index in [1.54, 1.807) is 36.4 Å². The number of nitrogens with one attached hydrogen (secondary N) is 1. The highest BCUT2D eigenvalue weighted by Crippen LogP contribution is 2.33. The van der Waals surface area contributed by atoms with Crippen molar-refractivity contribution in [3.05, 3.63) is 85.8 Å². The number of amides is 1. The van der Waals surface area contributed by atoms with E-state index >= 15 is 0 Å². The van der Waals surface area contributed by atoms with E-state index in [-0.39, 0.29) is 12.2 Å². The summed E-state index contributed by atoms with van der Waals surface area (Å²) < 4.78 is 18.4. The van der Waals surface area contributed by atoms with Crippen molar-refractivity contribution in [1.82, 2.24) is 5.43 Å². The van der Waals surface area contributed by atoms with Crippen molar-refractivity contribution in [2.45, 2.75) is 20.0 Å². The third kappa shape index (κ3) is 7.32. The molecule has 0 radical (unpaired) electrons. The average Bonchev–Trinajstić information content (AvgIpc) is 2.86. The van der Waals surface area contributed by atoms with Crippen molar-refractivity contribution in [1.29, 1.82) is 0 Å². The van der Waals surface area contributed by atoms with Crippen molar-refractivity contribution in [2.24, 2.45) is 5.10 Å². The summed E-state index contributed by atoms with van der Waals surface area (Å²) in [6.45, 7) is 2.76. The zero-order chi connectivity index (χ0) is 26.1. The molecule has 0 fully saturated rings. The Kier molecular flexibility index (Phi) is 9.89. The van der Waals surface area contributed by atoms with Gasteiger partial charge in [-0.05, 0) is 70.4 Å². The molecule has 0 bridgehead atoms. The van der Waals surface area contributed by atoms with Crippen LogP contribution in [0.15, 0.2) is 68.6 Å². The fraction of sp³-hybridized carbons (Fsp3) is 0.192. The first-order valence-electron chi connectivity index (χ1n) is 10.9. The lowest BCUT2D eigenvalue weighted by molar-refractivity contribution is 0.0696. The number of nitrogens with zero attached hydrogens (tertiary/aromatic N) is 1. The molecule has 1 amide bonds. The molecule has 3 aromatic carbocycles. The molecule has 3 aromatic rings. The van der Waals surface area contributed by atoms with Gasteiger partial charge in [0.25, 0.3) is 5.91 Å². The van der Waals surface area contributed by atoms with Crippen LogP contribution in [0.4, 0.5) is 0 Å². The van der Waals surface area contributed by atoms with E-state index in [9.17, 15) is 9.59 Å². The predicted molar refractivity (Wildman–Crippen MR) is 143 cm³/mol. The molecule has 0 unspecified atom stereocenters. The van der Waals surface area contributed by atoms with Gasteiger partial charge in [-0.2, -0.15) is 5.10 Å². The molecule has 2 N–H and O–H groups in total. The number of aromatic carboxylic acids is 1. The Bertz CT molecular complexity index is 1260. The van der Waals surface area contributed by atoms with Crippen molar-refractivity contribution in [3.63, 3.8) is 0 Å². The van der Waals surface area contributed by atoms with Gasteiger partial charge in [-0.15, -0.1) is 0 Å². The number of rotatable bonds is 11. The minimum Gasteiger partial charge on any atom is -0.493 e. The summed E-state index contributed by atoms with van der Waals surface area (Å²) in [6.07, 6.45) is 2.33. The Labute approximate surface area is 225 Å². The maximum absolute atomic E-state index is 12.6. The van der Waals surface area contributed by atoms with Crippen LogP contribution < -0.4 is 19.6 Å². The molecule has 0 saturated heterocycles. The van der Waals surface area contributed by atoms with E-state index in [1.807, 2.05) is 13.0 Å². The number of methoxy groups -OCH3 is 1. The second-order valence-corrected chi connectivity index (χ2v) is 9.28. The second kappa shape index (κ2) is 13.1. The molecule has 0 atom stereocenters. The molecule has 0 heterocycles. The molecule has 188 valence electrons. The maximum Gasteiger partial charge on any atom is 0.335 e. The van der Waals surface area contributed by atoms with Crippen molar-refractivity contribution in [3.8, 4) is 17.2 Å². The van der Waals surface area contributed by atoms with E-state index < -0.39 is 11.9 Å². The number of halogens is 2. The van der Waals surface area contributed by atoms with Crippen LogP contribution in [0.5, 0.6) is 17.2 Å². The highest BCUT2D eigenvalue weighted by Gasteiger charge is 2.13. The number of carbonyl (C=O) groups excluding carboxylic acids is 1. The summed E-state index contributed by atoms with van der Waals surface area (Å²) >= 11 is 6.94. The van der Waals surface area contributed by atoms with Crippen LogP contribution in [0.25, 0.3) is 0 Å². The van der Waals surface area contributed by atoms with Gasteiger partial charge in [0.1, 0.15) is 12.4 Å². The van der Waals surface area contributed by atoms with Gasteiger partial charge in [-0.25, -0.2) is 10.2 Å². The van der Waals surface area contributed by atoms with Gasteiger partial charge < -0.3 is 19.3 Å². The van der Waals surface area contributed by atoms with Gasteiger partial charge in [0.05, 0.1) is 30.0 Å². The molecule has 0 saturated carbocycles. The topological polar surface area (TPSA) is 106 Å². The third-order valence-corrected chi connectivity index (χ3v) is 5.93. The number of carboxylic acids is 1. The smallest absolute Gasteiger partial charge is 0.335 e. The zero-order valence-electron chi connectivity index (χ0n) is 19.6. The summed E-state index contributed by atoms with van der Waals surface area (Å²) in [7, 11) is 1.52. The number of benzene rings is 3. The third-order valence-electron chi connectivity index (χ3n) is 4.88.